The first-order chi connectivity index (χ1) is 9.04. The van der Waals surface area contributed by atoms with Crippen LogP contribution in [0.4, 0.5) is 0 Å². The van der Waals surface area contributed by atoms with Gasteiger partial charge in [-0.15, -0.1) is 6.58 Å². The summed E-state index contributed by atoms with van der Waals surface area (Å²) in [7, 11) is -2.05. The van der Waals surface area contributed by atoms with Gasteiger partial charge in [0.2, 0.25) is 0 Å². The van der Waals surface area contributed by atoms with Crippen molar-refractivity contribution in [2.45, 2.75) is 11.2 Å². The molecule has 0 radical (unpaired) electrons. The average molecular weight is 284 g/mol. The number of rotatable bonds is 8. The minimum Gasteiger partial charge on any atom is -0.394 e. The van der Waals surface area contributed by atoms with E-state index in [-0.39, 0.29) is 18.8 Å². The predicted molar refractivity (Wildman–Crippen MR) is 75.7 cm³/mol. The van der Waals surface area contributed by atoms with Gasteiger partial charge in [0.05, 0.1) is 12.4 Å². The quantitative estimate of drug-likeness (QED) is 0.735. The van der Waals surface area contributed by atoms with Crippen molar-refractivity contribution in [1.29, 1.82) is 0 Å². The number of ether oxygens (including phenoxy) is 1. The van der Waals surface area contributed by atoms with Gasteiger partial charge in [-0.2, -0.15) is 0 Å². The van der Waals surface area contributed by atoms with Gasteiger partial charge in [-0.05, 0) is 12.0 Å². The molecular formula is C14H20O4S. The van der Waals surface area contributed by atoms with E-state index in [1.165, 1.54) is 13.2 Å². The molecule has 1 rings (SSSR count). The third-order valence-corrected chi connectivity index (χ3v) is 5.63. The van der Waals surface area contributed by atoms with Crippen LogP contribution in [0.25, 0.3) is 0 Å². The van der Waals surface area contributed by atoms with E-state index in [1.807, 2.05) is 6.07 Å². The van der Waals surface area contributed by atoms with Crippen molar-refractivity contribution < 1.29 is 18.3 Å². The lowest BCUT2D eigenvalue weighted by atomic mass is 9.96. The van der Waals surface area contributed by atoms with Crippen molar-refractivity contribution in [3.63, 3.8) is 0 Å². The van der Waals surface area contributed by atoms with E-state index >= 15 is 0 Å². The summed E-state index contributed by atoms with van der Waals surface area (Å²) in [5, 5.41) is 9.75. The van der Waals surface area contributed by atoms with Gasteiger partial charge in [0.15, 0.2) is 9.84 Å². The summed E-state index contributed by atoms with van der Waals surface area (Å²) in [6.07, 6.45) is 1.55. The first-order valence-corrected chi connectivity index (χ1v) is 7.68. The van der Waals surface area contributed by atoms with Crippen LogP contribution in [-0.4, -0.2) is 39.6 Å². The molecule has 1 aromatic rings. The number of methoxy groups -OCH3 is 1. The Hall–Kier alpha value is -1.17. The Labute approximate surface area is 114 Å². The summed E-state index contributed by atoms with van der Waals surface area (Å²) >= 11 is 0. The lowest BCUT2D eigenvalue weighted by molar-refractivity contribution is 0.157. The van der Waals surface area contributed by atoms with Crippen molar-refractivity contribution in [1.82, 2.24) is 0 Å². The van der Waals surface area contributed by atoms with Crippen molar-refractivity contribution in [2.75, 3.05) is 26.1 Å². The highest BCUT2D eigenvalue weighted by molar-refractivity contribution is 7.92. The summed E-state index contributed by atoms with van der Waals surface area (Å²) in [4.78, 5) is 0. The predicted octanol–water partition coefficient (Wildman–Crippen LogP) is 1.51. The van der Waals surface area contributed by atoms with E-state index in [1.54, 1.807) is 24.3 Å². The normalized spacial score (nSPS) is 14.8. The van der Waals surface area contributed by atoms with E-state index in [9.17, 15) is 13.5 Å². The molecule has 0 saturated heterocycles. The molecule has 5 heteroatoms. The summed E-state index contributed by atoms with van der Waals surface area (Å²) in [5.41, 5.74) is 0.580. The SMILES string of the molecule is C=CCS(=O)(=O)C(CO)(CCOC)c1ccccc1. The number of aliphatic hydroxyl groups is 1. The monoisotopic (exact) mass is 284 g/mol. The van der Waals surface area contributed by atoms with Gasteiger partial charge in [-0.3, -0.25) is 0 Å². The molecule has 0 aliphatic heterocycles. The van der Waals surface area contributed by atoms with Crippen molar-refractivity contribution in [3.8, 4) is 0 Å². The van der Waals surface area contributed by atoms with Crippen LogP contribution in [0.1, 0.15) is 12.0 Å². The molecule has 0 amide bonds. The van der Waals surface area contributed by atoms with Crippen LogP contribution in [-0.2, 0) is 19.3 Å². The maximum Gasteiger partial charge on any atom is 0.166 e. The fourth-order valence-corrected chi connectivity index (χ4v) is 3.79. The average Bonchev–Trinajstić information content (AvgIpc) is 2.41. The molecule has 1 N–H and O–H groups in total. The minimum absolute atomic E-state index is 0.174. The second kappa shape index (κ2) is 6.84. The Balaban J connectivity index is 3.34. The van der Waals surface area contributed by atoms with Crippen LogP contribution in [0.3, 0.4) is 0 Å². The molecule has 0 heterocycles. The molecule has 0 bridgehead atoms. The van der Waals surface area contributed by atoms with Gasteiger partial charge < -0.3 is 9.84 Å². The summed E-state index contributed by atoms with van der Waals surface area (Å²) in [5.74, 6) is -0.174. The second-order valence-electron chi connectivity index (χ2n) is 4.33. The number of sulfone groups is 1. The van der Waals surface area contributed by atoms with Gasteiger partial charge in [0.1, 0.15) is 4.75 Å². The summed E-state index contributed by atoms with van der Waals surface area (Å²) in [6.45, 7) is 3.26. The van der Waals surface area contributed by atoms with Gasteiger partial charge in [0, 0.05) is 13.7 Å². The standard InChI is InChI=1S/C14H20O4S/c1-3-11-19(16,17)14(12-15,9-10-18-2)13-7-5-4-6-8-13/h3-8,15H,1,9-12H2,2H3. The molecule has 0 spiro atoms. The Morgan fingerprint density at radius 1 is 1.37 bits per heavy atom. The lowest BCUT2D eigenvalue weighted by Crippen LogP contribution is -2.41. The van der Waals surface area contributed by atoms with Gasteiger partial charge >= 0.3 is 0 Å². The number of hydrogen-bond acceptors (Lipinski definition) is 4. The number of hydrogen-bond donors (Lipinski definition) is 1. The fourth-order valence-electron chi connectivity index (χ4n) is 2.07. The molecule has 1 aromatic carbocycles. The maximum atomic E-state index is 12.5. The van der Waals surface area contributed by atoms with Gasteiger partial charge in [0.25, 0.3) is 0 Å². The zero-order valence-electron chi connectivity index (χ0n) is 11.1. The van der Waals surface area contributed by atoms with Crippen LogP contribution in [0.15, 0.2) is 43.0 Å². The van der Waals surface area contributed by atoms with Crippen LogP contribution >= 0.6 is 0 Å². The third-order valence-electron chi connectivity index (χ3n) is 3.20. The fraction of sp³-hybridized carbons (Fsp3) is 0.429. The highest BCUT2D eigenvalue weighted by Gasteiger charge is 2.43. The molecule has 1 unspecified atom stereocenters. The Bertz CT molecular complexity index is 495. The molecule has 1 atom stereocenters. The van der Waals surface area contributed by atoms with Crippen LogP contribution in [0, 0.1) is 0 Å². The molecular weight excluding hydrogens is 264 g/mol. The third kappa shape index (κ3) is 3.23. The Morgan fingerprint density at radius 2 is 2.00 bits per heavy atom. The Morgan fingerprint density at radius 3 is 2.47 bits per heavy atom. The van der Waals surface area contributed by atoms with Gasteiger partial charge in [-0.25, -0.2) is 8.42 Å². The number of aliphatic hydroxyl groups excluding tert-OH is 1. The van der Waals surface area contributed by atoms with Crippen molar-refractivity contribution >= 4 is 9.84 Å². The molecule has 0 saturated carbocycles. The van der Waals surface area contributed by atoms with E-state index in [4.69, 9.17) is 4.74 Å². The van der Waals surface area contributed by atoms with E-state index in [0.717, 1.165) is 0 Å². The molecule has 106 valence electrons. The summed E-state index contributed by atoms with van der Waals surface area (Å²) < 4.78 is 28.7. The highest BCUT2D eigenvalue weighted by Crippen LogP contribution is 2.34. The molecule has 0 fully saturated rings. The van der Waals surface area contributed by atoms with Crippen LogP contribution in [0.5, 0.6) is 0 Å². The first kappa shape index (κ1) is 15.9. The van der Waals surface area contributed by atoms with E-state index in [0.29, 0.717) is 5.56 Å². The van der Waals surface area contributed by atoms with Gasteiger partial charge in [-0.1, -0.05) is 36.4 Å². The lowest BCUT2D eigenvalue weighted by Gasteiger charge is -2.31. The zero-order valence-corrected chi connectivity index (χ0v) is 11.9. The second-order valence-corrected chi connectivity index (χ2v) is 6.68. The summed E-state index contributed by atoms with van der Waals surface area (Å²) in [6, 6.07) is 8.76. The minimum atomic E-state index is -3.56. The highest BCUT2D eigenvalue weighted by atomic mass is 32.2. The zero-order chi connectivity index (χ0) is 14.4. The van der Waals surface area contributed by atoms with E-state index < -0.39 is 21.2 Å². The maximum absolute atomic E-state index is 12.5. The largest absolute Gasteiger partial charge is 0.394 e. The molecule has 0 aromatic heterocycles. The van der Waals surface area contributed by atoms with Crippen molar-refractivity contribution in [3.05, 3.63) is 48.6 Å². The molecule has 0 aliphatic carbocycles. The molecule has 0 aliphatic rings. The smallest absolute Gasteiger partial charge is 0.166 e. The van der Waals surface area contributed by atoms with Crippen LogP contribution < -0.4 is 0 Å². The first-order valence-electron chi connectivity index (χ1n) is 6.02. The van der Waals surface area contributed by atoms with E-state index in [2.05, 4.69) is 6.58 Å². The topological polar surface area (TPSA) is 63.6 Å². The van der Waals surface area contributed by atoms with Crippen LogP contribution in [0.2, 0.25) is 0 Å². The number of benzene rings is 1. The molecule has 4 nitrogen and oxygen atoms in total. The Kier molecular flexibility index (Phi) is 5.72. The van der Waals surface area contributed by atoms with Crippen molar-refractivity contribution in [2.24, 2.45) is 0 Å². The molecule has 19 heavy (non-hydrogen) atoms.